The monoisotopic (exact) mass is 236 g/mol. The van der Waals surface area contributed by atoms with Crippen molar-refractivity contribution < 1.29 is 15.1 Å². The van der Waals surface area contributed by atoms with E-state index in [4.69, 9.17) is 0 Å². The standard InChI is InChI=1S/C12H16N2O3/c1-3-9-13-12(16,11(15)14(2)17)10-7-5-4-6-8-10/h3-8,13,16-17H,1,9H2,2H3. The Morgan fingerprint density at radius 1 is 1.53 bits per heavy atom. The van der Waals surface area contributed by atoms with E-state index < -0.39 is 11.6 Å². The smallest absolute Gasteiger partial charge is 0.297 e. The first-order chi connectivity index (χ1) is 8.02. The number of nitrogens with one attached hydrogen (secondary N) is 1. The van der Waals surface area contributed by atoms with Gasteiger partial charge in [0.1, 0.15) is 0 Å². The number of carbonyl (C=O) groups is 1. The predicted molar refractivity (Wildman–Crippen MR) is 63.1 cm³/mol. The largest absolute Gasteiger partial charge is 0.364 e. The molecule has 5 nitrogen and oxygen atoms in total. The number of likely N-dealkylation sites (N-methyl/N-ethyl adjacent to an activating group) is 1. The maximum atomic E-state index is 11.8. The molecule has 1 amide bonds. The lowest BCUT2D eigenvalue weighted by molar-refractivity contribution is -0.185. The molecule has 0 aliphatic heterocycles. The Hall–Kier alpha value is -1.69. The van der Waals surface area contributed by atoms with E-state index in [2.05, 4.69) is 11.9 Å². The molecule has 0 heterocycles. The number of rotatable bonds is 5. The lowest BCUT2D eigenvalue weighted by atomic mass is 10.0. The van der Waals surface area contributed by atoms with Crippen molar-refractivity contribution in [3.8, 4) is 0 Å². The van der Waals surface area contributed by atoms with Crippen molar-refractivity contribution in [3.05, 3.63) is 48.6 Å². The Morgan fingerprint density at radius 2 is 2.12 bits per heavy atom. The molecule has 0 aromatic heterocycles. The molecule has 0 aliphatic rings. The van der Waals surface area contributed by atoms with Crippen molar-refractivity contribution in [2.24, 2.45) is 0 Å². The van der Waals surface area contributed by atoms with Gasteiger partial charge < -0.3 is 5.11 Å². The van der Waals surface area contributed by atoms with Crippen LogP contribution in [0.15, 0.2) is 43.0 Å². The summed E-state index contributed by atoms with van der Waals surface area (Å²) in [5, 5.41) is 22.5. The third-order valence-corrected chi connectivity index (χ3v) is 2.30. The van der Waals surface area contributed by atoms with Gasteiger partial charge >= 0.3 is 0 Å². The molecule has 0 radical (unpaired) electrons. The number of aliphatic hydroxyl groups is 1. The van der Waals surface area contributed by atoms with Crippen LogP contribution in [0.2, 0.25) is 0 Å². The summed E-state index contributed by atoms with van der Waals surface area (Å²) in [5.74, 6) is -0.856. The van der Waals surface area contributed by atoms with Gasteiger partial charge in [0.2, 0.25) is 5.72 Å². The molecule has 1 unspecified atom stereocenters. The molecule has 0 aliphatic carbocycles. The molecule has 0 saturated carbocycles. The minimum absolute atomic E-state index is 0.227. The van der Waals surface area contributed by atoms with E-state index in [1.54, 1.807) is 30.3 Å². The van der Waals surface area contributed by atoms with Crippen molar-refractivity contribution in [2.75, 3.05) is 13.6 Å². The van der Waals surface area contributed by atoms with Crippen LogP contribution in [-0.2, 0) is 10.5 Å². The fraction of sp³-hybridized carbons (Fsp3) is 0.250. The Balaban J connectivity index is 3.10. The number of hydrogen-bond donors (Lipinski definition) is 3. The second-order valence-electron chi connectivity index (χ2n) is 3.57. The highest BCUT2D eigenvalue weighted by atomic mass is 16.5. The highest BCUT2D eigenvalue weighted by Crippen LogP contribution is 2.19. The summed E-state index contributed by atoms with van der Waals surface area (Å²) in [5.41, 5.74) is -1.60. The van der Waals surface area contributed by atoms with Gasteiger partial charge in [0, 0.05) is 19.2 Å². The molecular weight excluding hydrogens is 220 g/mol. The Morgan fingerprint density at radius 3 is 2.59 bits per heavy atom. The van der Waals surface area contributed by atoms with Crippen molar-refractivity contribution in [2.45, 2.75) is 5.72 Å². The fourth-order valence-corrected chi connectivity index (χ4v) is 1.43. The second-order valence-corrected chi connectivity index (χ2v) is 3.57. The lowest BCUT2D eigenvalue weighted by Gasteiger charge is -2.29. The number of hydroxylamine groups is 2. The summed E-state index contributed by atoms with van der Waals surface area (Å²) in [4.78, 5) is 11.8. The van der Waals surface area contributed by atoms with Gasteiger partial charge in [0.05, 0.1) is 0 Å². The van der Waals surface area contributed by atoms with Gasteiger partial charge in [-0.05, 0) is 0 Å². The maximum absolute atomic E-state index is 11.8. The van der Waals surface area contributed by atoms with Gasteiger partial charge in [-0.1, -0.05) is 36.4 Å². The molecule has 1 atom stereocenters. The summed E-state index contributed by atoms with van der Waals surface area (Å²) < 4.78 is 0. The molecule has 0 spiro atoms. The summed E-state index contributed by atoms with van der Waals surface area (Å²) in [7, 11) is 1.16. The summed E-state index contributed by atoms with van der Waals surface area (Å²) in [6, 6.07) is 8.35. The van der Waals surface area contributed by atoms with Crippen LogP contribution in [0.3, 0.4) is 0 Å². The van der Waals surface area contributed by atoms with E-state index >= 15 is 0 Å². The third-order valence-electron chi connectivity index (χ3n) is 2.30. The van der Waals surface area contributed by atoms with Crippen molar-refractivity contribution in [1.82, 2.24) is 10.4 Å². The van der Waals surface area contributed by atoms with Crippen LogP contribution in [0.5, 0.6) is 0 Å². The fourth-order valence-electron chi connectivity index (χ4n) is 1.43. The molecular formula is C12H16N2O3. The molecule has 1 aromatic carbocycles. The van der Waals surface area contributed by atoms with Crippen molar-refractivity contribution in [1.29, 1.82) is 0 Å². The molecule has 92 valence electrons. The van der Waals surface area contributed by atoms with E-state index in [-0.39, 0.29) is 6.54 Å². The van der Waals surface area contributed by atoms with Crippen LogP contribution in [0.1, 0.15) is 5.56 Å². The van der Waals surface area contributed by atoms with Crippen LogP contribution in [0.4, 0.5) is 0 Å². The number of amides is 1. The molecule has 0 saturated heterocycles. The first-order valence-electron chi connectivity index (χ1n) is 5.13. The molecule has 5 heteroatoms. The summed E-state index contributed by atoms with van der Waals surface area (Å²) >= 11 is 0. The summed E-state index contributed by atoms with van der Waals surface area (Å²) in [6.45, 7) is 3.73. The topological polar surface area (TPSA) is 72.8 Å². The minimum Gasteiger partial charge on any atom is -0.364 e. The molecule has 17 heavy (non-hydrogen) atoms. The van der Waals surface area contributed by atoms with Gasteiger partial charge in [0.15, 0.2) is 0 Å². The molecule has 0 bridgehead atoms. The first-order valence-corrected chi connectivity index (χ1v) is 5.13. The normalized spacial score (nSPS) is 13.8. The quantitative estimate of drug-likeness (QED) is 0.300. The molecule has 1 aromatic rings. The lowest BCUT2D eigenvalue weighted by Crippen LogP contribution is -2.54. The van der Waals surface area contributed by atoms with Crippen LogP contribution >= 0.6 is 0 Å². The van der Waals surface area contributed by atoms with Crippen molar-refractivity contribution >= 4 is 5.91 Å². The average molecular weight is 236 g/mol. The zero-order valence-electron chi connectivity index (χ0n) is 9.63. The van der Waals surface area contributed by atoms with Crippen LogP contribution in [0.25, 0.3) is 0 Å². The summed E-state index contributed by atoms with van der Waals surface area (Å²) in [6.07, 6.45) is 1.51. The molecule has 1 rings (SSSR count). The zero-order valence-corrected chi connectivity index (χ0v) is 9.63. The van der Waals surface area contributed by atoms with Crippen molar-refractivity contribution in [3.63, 3.8) is 0 Å². The number of benzene rings is 1. The minimum atomic E-state index is -1.96. The Bertz CT molecular complexity index is 392. The Labute approximate surface area is 99.9 Å². The Kier molecular flexibility index (Phi) is 4.39. The number of carbonyl (C=O) groups excluding carboxylic acids is 1. The van der Waals surface area contributed by atoms with Crippen LogP contribution in [-0.4, -0.2) is 34.9 Å². The van der Waals surface area contributed by atoms with Crippen LogP contribution in [0, 0.1) is 0 Å². The van der Waals surface area contributed by atoms with Gasteiger partial charge in [-0.25, -0.2) is 5.06 Å². The zero-order chi connectivity index (χ0) is 12.9. The van der Waals surface area contributed by atoms with Gasteiger partial charge in [-0.15, -0.1) is 6.58 Å². The van der Waals surface area contributed by atoms with E-state index in [1.165, 1.54) is 6.08 Å². The number of nitrogens with zero attached hydrogens (tertiary/aromatic N) is 1. The average Bonchev–Trinajstić information content (AvgIpc) is 2.36. The number of hydrogen-bond acceptors (Lipinski definition) is 4. The van der Waals surface area contributed by atoms with Gasteiger partial charge in [0.25, 0.3) is 5.91 Å². The van der Waals surface area contributed by atoms with E-state index in [1.807, 2.05) is 0 Å². The molecule has 0 fully saturated rings. The van der Waals surface area contributed by atoms with E-state index in [9.17, 15) is 15.1 Å². The first kappa shape index (κ1) is 13.4. The third kappa shape index (κ3) is 2.91. The van der Waals surface area contributed by atoms with Gasteiger partial charge in [-0.3, -0.25) is 15.3 Å². The SMILES string of the molecule is C=CCNC(O)(C(=O)N(C)O)c1ccccc1. The van der Waals surface area contributed by atoms with Gasteiger partial charge in [-0.2, -0.15) is 0 Å². The highest BCUT2D eigenvalue weighted by Gasteiger charge is 2.39. The van der Waals surface area contributed by atoms with E-state index in [0.717, 1.165) is 7.05 Å². The predicted octanol–water partition coefficient (Wildman–Crippen LogP) is 0.455. The maximum Gasteiger partial charge on any atom is 0.297 e. The van der Waals surface area contributed by atoms with E-state index in [0.29, 0.717) is 10.6 Å². The van der Waals surface area contributed by atoms with Crippen LogP contribution < -0.4 is 5.32 Å². The molecule has 3 N–H and O–H groups in total. The highest BCUT2D eigenvalue weighted by molar-refractivity contribution is 5.84. The second kappa shape index (κ2) is 5.58.